The zero-order valence-electron chi connectivity index (χ0n) is 21.6. The number of carbonyl (C=O) groups excluding carboxylic acids is 1. The average Bonchev–Trinajstić information content (AvgIpc) is 2.80. The number of fused-ring (bicyclic) bond motifs is 1. The molecule has 1 heterocycles. The monoisotopic (exact) mass is 465 g/mol. The molecule has 4 rings (SSSR count). The second-order valence-corrected chi connectivity index (χ2v) is 11.5. The second-order valence-electron chi connectivity index (χ2n) is 11.5. The van der Waals surface area contributed by atoms with E-state index in [-0.39, 0.29) is 11.9 Å². The molecule has 0 N–H and O–H groups in total. The Bertz CT molecular complexity index is 955. The van der Waals surface area contributed by atoms with Crippen molar-refractivity contribution in [2.24, 2.45) is 17.3 Å². The van der Waals surface area contributed by atoms with Gasteiger partial charge in [-0.1, -0.05) is 51.5 Å². The fourth-order valence-electron chi connectivity index (χ4n) is 5.87. The van der Waals surface area contributed by atoms with Crippen molar-refractivity contribution >= 4 is 16.7 Å². The van der Waals surface area contributed by atoms with Crippen LogP contribution in [0.25, 0.3) is 10.8 Å². The summed E-state index contributed by atoms with van der Waals surface area (Å²) in [5.41, 5.74) is 1.72. The molecule has 4 heteroatoms. The van der Waals surface area contributed by atoms with E-state index in [2.05, 4.69) is 62.1 Å². The first kappa shape index (κ1) is 25.0. The third kappa shape index (κ3) is 6.33. The molecule has 1 atom stereocenters. The maximum Gasteiger partial charge on any atom is 0.308 e. The first-order valence-corrected chi connectivity index (χ1v) is 13.3. The van der Waals surface area contributed by atoms with Crippen LogP contribution in [0, 0.1) is 17.3 Å². The van der Waals surface area contributed by atoms with Gasteiger partial charge in [-0.2, -0.15) is 0 Å². The molecule has 4 nitrogen and oxygen atoms in total. The van der Waals surface area contributed by atoms with Crippen molar-refractivity contribution in [1.29, 1.82) is 0 Å². The van der Waals surface area contributed by atoms with Gasteiger partial charge in [0.15, 0.2) is 0 Å². The molecule has 0 spiro atoms. The largest absolute Gasteiger partial charge is 0.490 e. The fourth-order valence-corrected chi connectivity index (χ4v) is 5.87. The number of benzene rings is 2. The molecule has 0 radical (unpaired) electrons. The Morgan fingerprint density at radius 3 is 2.50 bits per heavy atom. The van der Waals surface area contributed by atoms with E-state index in [1.165, 1.54) is 36.3 Å². The van der Waals surface area contributed by atoms with E-state index in [9.17, 15) is 4.79 Å². The van der Waals surface area contributed by atoms with Crippen LogP contribution in [0.2, 0.25) is 0 Å². The number of esters is 1. The summed E-state index contributed by atoms with van der Waals surface area (Å²) in [6.45, 7) is 10.1. The number of carbonyl (C=O) groups is 1. The first-order chi connectivity index (χ1) is 16.3. The SMILES string of the molecule is COC(=O)C1CCCCN(Cc2ccc3c(OC4CCC(C(C)(C)C)CC4)cccc3c2)CC1. The third-order valence-corrected chi connectivity index (χ3v) is 8.11. The lowest BCUT2D eigenvalue weighted by Gasteiger charge is -2.37. The van der Waals surface area contributed by atoms with Crippen molar-refractivity contribution in [2.75, 3.05) is 20.2 Å². The van der Waals surface area contributed by atoms with Gasteiger partial charge in [-0.15, -0.1) is 0 Å². The summed E-state index contributed by atoms with van der Waals surface area (Å²) >= 11 is 0. The molecule has 0 aromatic heterocycles. The van der Waals surface area contributed by atoms with Gasteiger partial charge < -0.3 is 9.47 Å². The molecular formula is C30H43NO3. The smallest absolute Gasteiger partial charge is 0.308 e. The topological polar surface area (TPSA) is 38.8 Å². The molecule has 2 aromatic carbocycles. The highest BCUT2D eigenvalue weighted by molar-refractivity contribution is 5.88. The molecule has 34 heavy (non-hydrogen) atoms. The Hall–Kier alpha value is -2.07. The summed E-state index contributed by atoms with van der Waals surface area (Å²) in [5.74, 6) is 1.82. The van der Waals surface area contributed by atoms with Crippen molar-refractivity contribution < 1.29 is 14.3 Å². The maximum atomic E-state index is 12.0. The Morgan fingerprint density at radius 2 is 1.76 bits per heavy atom. The molecular weight excluding hydrogens is 422 g/mol. The second kappa shape index (κ2) is 11.1. The van der Waals surface area contributed by atoms with Gasteiger partial charge in [0.05, 0.1) is 19.1 Å². The van der Waals surface area contributed by atoms with Gasteiger partial charge in [0.2, 0.25) is 0 Å². The van der Waals surface area contributed by atoms with Crippen molar-refractivity contribution in [3.05, 3.63) is 42.0 Å². The Labute approximate surface area is 206 Å². The standard InChI is InChI=1S/C30H43NO3/c1-30(2,3)25-12-14-26(15-13-25)34-28-10-7-9-24-20-22(11-16-27(24)28)21-31-18-6-5-8-23(17-19-31)29(32)33-4/h7,9-11,16,20,23,25-26H,5-6,8,12-15,17-19,21H2,1-4H3. The summed E-state index contributed by atoms with van der Waals surface area (Å²) in [6, 6.07) is 13.3. The van der Waals surface area contributed by atoms with E-state index < -0.39 is 0 Å². The van der Waals surface area contributed by atoms with Crippen LogP contribution in [0.5, 0.6) is 5.75 Å². The van der Waals surface area contributed by atoms with Crippen LogP contribution in [-0.2, 0) is 16.1 Å². The summed E-state index contributed by atoms with van der Waals surface area (Å²) < 4.78 is 11.5. The van der Waals surface area contributed by atoms with E-state index in [1.807, 2.05) is 0 Å². The molecule has 0 amide bonds. The third-order valence-electron chi connectivity index (χ3n) is 8.11. The predicted molar refractivity (Wildman–Crippen MR) is 139 cm³/mol. The minimum atomic E-state index is -0.0491. The van der Waals surface area contributed by atoms with Gasteiger partial charge in [0.25, 0.3) is 0 Å². The molecule has 1 aliphatic heterocycles. The van der Waals surface area contributed by atoms with Crippen molar-refractivity contribution in [2.45, 2.75) is 84.8 Å². The number of ether oxygens (including phenoxy) is 2. The lowest BCUT2D eigenvalue weighted by atomic mass is 9.72. The number of likely N-dealkylation sites (tertiary alicyclic amines) is 1. The lowest BCUT2D eigenvalue weighted by Crippen LogP contribution is -2.31. The van der Waals surface area contributed by atoms with E-state index in [0.717, 1.165) is 69.8 Å². The molecule has 1 unspecified atom stereocenters. The van der Waals surface area contributed by atoms with Gasteiger partial charge in [0, 0.05) is 11.9 Å². The Balaban J connectivity index is 1.39. The van der Waals surface area contributed by atoms with E-state index >= 15 is 0 Å². The van der Waals surface area contributed by atoms with E-state index in [0.29, 0.717) is 11.5 Å². The van der Waals surface area contributed by atoms with Gasteiger partial charge in [-0.25, -0.2) is 0 Å². The highest BCUT2D eigenvalue weighted by Crippen LogP contribution is 2.39. The quantitative estimate of drug-likeness (QED) is 0.446. The number of hydrogen-bond acceptors (Lipinski definition) is 4. The highest BCUT2D eigenvalue weighted by Gasteiger charge is 2.30. The van der Waals surface area contributed by atoms with Gasteiger partial charge in [0.1, 0.15) is 5.75 Å². The molecule has 2 aromatic rings. The Kier molecular flexibility index (Phi) is 8.18. The Morgan fingerprint density at radius 1 is 0.971 bits per heavy atom. The molecule has 1 saturated carbocycles. The van der Waals surface area contributed by atoms with Crippen LogP contribution in [0.3, 0.4) is 0 Å². The summed E-state index contributed by atoms with van der Waals surface area (Å²) in [4.78, 5) is 14.5. The molecule has 0 bridgehead atoms. The molecule has 1 aliphatic carbocycles. The average molecular weight is 466 g/mol. The van der Waals surface area contributed by atoms with E-state index in [4.69, 9.17) is 9.47 Å². The van der Waals surface area contributed by atoms with Crippen LogP contribution in [0.4, 0.5) is 0 Å². The van der Waals surface area contributed by atoms with Crippen molar-refractivity contribution in [3.8, 4) is 5.75 Å². The van der Waals surface area contributed by atoms with Crippen LogP contribution in [0.1, 0.15) is 77.7 Å². The lowest BCUT2D eigenvalue weighted by molar-refractivity contribution is -0.146. The zero-order chi connectivity index (χ0) is 24.1. The van der Waals surface area contributed by atoms with Gasteiger partial charge in [-0.05, 0) is 92.5 Å². The molecule has 1 saturated heterocycles. The van der Waals surface area contributed by atoms with Gasteiger partial charge in [-0.3, -0.25) is 9.69 Å². The van der Waals surface area contributed by atoms with Gasteiger partial charge >= 0.3 is 5.97 Å². The minimum absolute atomic E-state index is 0.0441. The van der Waals surface area contributed by atoms with Crippen LogP contribution in [-0.4, -0.2) is 37.2 Å². The number of hydrogen-bond donors (Lipinski definition) is 0. The molecule has 2 fully saturated rings. The number of nitrogens with zero attached hydrogens (tertiary/aromatic N) is 1. The maximum absolute atomic E-state index is 12.0. The summed E-state index contributed by atoms with van der Waals surface area (Å²) in [6.07, 6.45) is 9.21. The van der Waals surface area contributed by atoms with Crippen LogP contribution in [0.15, 0.2) is 36.4 Å². The minimum Gasteiger partial charge on any atom is -0.490 e. The predicted octanol–water partition coefficient (Wildman–Crippen LogP) is 6.99. The van der Waals surface area contributed by atoms with Crippen molar-refractivity contribution in [1.82, 2.24) is 4.90 Å². The van der Waals surface area contributed by atoms with Crippen LogP contribution < -0.4 is 4.74 Å². The van der Waals surface area contributed by atoms with Crippen LogP contribution >= 0.6 is 0 Å². The normalized spacial score (nSPS) is 24.9. The fraction of sp³-hybridized carbons (Fsp3) is 0.633. The summed E-state index contributed by atoms with van der Waals surface area (Å²) in [7, 11) is 1.50. The molecule has 2 aliphatic rings. The number of methoxy groups -OCH3 is 1. The number of rotatable bonds is 5. The van der Waals surface area contributed by atoms with Crippen molar-refractivity contribution in [3.63, 3.8) is 0 Å². The zero-order valence-corrected chi connectivity index (χ0v) is 21.6. The van der Waals surface area contributed by atoms with E-state index in [1.54, 1.807) is 0 Å². The summed E-state index contributed by atoms with van der Waals surface area (Å²) in [5, 5.41) is 2.46. The highest BCUT2D eigenvalue weighted by atomic mass is 16.5. The molecule has 186 valence electrons. The first-order valence-electron chi connectivity index (χ1n) is 13.3.